The molecule has 7 rings (SSSR count). The van der Waals surface area contributed by atoms with Gasteiger partial charge in [-0.2, -0.15) is 0 Å². The molecule has 0 unspecified atom stereocenters. The number of benzene rings is 3. The number of nitrogens with one attached hydrogen (secondary N) is 1. The molecule has 0 radical (unpaired) electrons. The second-order valence-electron chi connectivity index (χ2n) is 12.3. The van der Waals surface area contributed by atoms with Crippen LogP contribution in [0.15, 0.2) is 109 Å². The van der Waals surface area contributed by atoms with Crippen LogP contribution < -0.4 is 15.1 Å². The van der Waals surface area contributed by atoms with Gasteiger partial charge in [-0.1, -0.05) is 54.6 Å². The highest BCUT2D eigenvalue weighted by atomic mass is 16.1. The van der Waals surface area contributed by atoms with Gasteiger partial charge in [0.1, 0.15) is 5.65 Å². The molecule has 8 nitrogen and oxygen atoms in total. The van der Waals surface area contributed by atoms with Crippen molar-refractivity contribution >= 4 is 28.6 Å². The lowest BCUT2D eigenvalue weighted by Gasteiger charge is -2.36. The fourth-order valence-electron chi connectivity index (χ4n) is 6.71. The number of piperazine rings is 2. The zero-order valence-corrected chi connectivity index (χ0v) is 26.5. The van der Waals surface area contributed by atoms with Crippen LogP contribution in [0.3, 0.4) is 0 Å². The maximum absolute atomic E-state index is 12.8. The zero-order valence-electron chi connectivity index (χ0n) is 26.5. The number of carbonyl (C=O) groups excluding carboxylic acids is 1. The summed E-state index contributed by atoms with van der Waals surface area (Å²) < 4.78 is 2.22. The summed E-state index contributed by atoms with van der Waals surface area (Å²) in [5, 5.41) is 3.11. The van der Waals surface area contributed by atoms with Crippen LogP contribution in [0.5, 0.6) is 0 Å². The van der Waals surface area contributed by atoms with Crippen LogP contribution in [-0.2, 0) is 11.3 Å². The summed E-state index contributed by atoms with van der Waals surface area (Å²) in [5.74, 6) is 0.0683. The Labute approximate surface area is 271 Å². The van der Waals surface area contributed by atoms with Crippen LogP contribution >= 0.6 is 0 Å². The molecule has 2 aliphatic rings. The maximum atomic E-state index is 12.8. The van der Waals surface area contributed by atoms with Crippen molar-refractivity contribution in [1.82, 2.24) is 19.2 Å². The lowest BCUT2D eigenvalue weighted by molar-refractivity contribution is -0.116. The highest BCUT2D eigenvalue weighted by Gasteiger charge is 2.22. The van der Waals surface area contributed by atoms with E-state index < -0.39 is 0 Å². The molecular formula is C38H43N7O. The largest absolute Gasteiger partial charge is 0.369 e. The first-order valence-electron chi connectivity index (χ1n) is 16.6. The van der Waals surface area contributed by atoms with Gasteiger partial charge in [0.05, 0.1) is 11.4 Å². The van der Waals surface area contributed by atoms with Crippen molar-refractivity contribution in [2.24, 2.45) is 0 Å². The smallest absolute Gasteiger partial charge is 0.224 e. The third-order valence-corrected chi connectivity index (χ3v) is 9.31. The first-order chi connectivity index (χ1) is 22.7. The van der Waals surface area contributed by atoms with Crippen molar-refractivity contribution in [2.75, 3.05) is 74.0 Å². The number of aromatic nitrogens is 2. The number of rotatable bonds is 10. The van der Waals surface area contributed by atoms with Crippen LogP contribution in [0.4, 0.5) is 17.1 Å². The van der Waals surface area contributed by atoms with Crippen molar-refractivity contribution < 1.29 is 4.79 Å². The van der Waals surface area contributed by atoms with Gasteiger partial charge in [0, 0.05) is 94.1 Å². The fourth-order valence-corrected chi connectivity index (χ4v) is 6.71. The standard InChI is InChI=1S/C38H43N7O/c46-37(15-9-20-41-22-26-43(27-23-41)33-10-3-1-4-11-33)39-32-18-16-31(17-19-32)38-35(45-21-8-7-14-36(45)40-38)30-42-24-28-44(29-25-42)34-12-5-2-6-13-34/h1-8,10-14,16-19,21H,9,15,20,22-30H2,(H,39,46). The van der Waals surface area contributed by atoms with Crippen LogP contribution in [0, 0.1) is 0 Å². The summed E-state index contributed by atoms with van der Waals surface area (Å²) in [7, 11) is 0. The molecule has 2 aromatic heterocycles. The molecule has 2 aliphatic heterocycles. The van der Waals surface area contributed by atoms with E-state index in [2.05, 4.69) is 120 Å². The maximum Gasteiger partial charge on any atom is 0.224 e. The molecule has 8 heteroatoms. The third-order valence-electron chi connectivity index (χ3n) is 9.31. The van der Waals surface area contributed by atoms with E-state index in [9.17, 15) is 4.79 Å². The Morgan fingerprint density at radius 3 is 1.87 bits per heavy atom. The number of imidazole rings is 1. The molecule has 46 heavy (non-hydrogen) atoms. The number of amides is 1. The van der Waals surface area contributed by atoms with Gasteiger partial charge in [-0.3, -0.25) is 14.6 Å². The Balaban J connectivity index is 0.926. The Bertz CT molecular complexity index is 1710. The van der Waals surface area contributed by atoms with Crippen molar-refractivity contribution in [3.63, 3.8) is 0 Å². The van der Waals surface area contributed by atoms with Gasteiger partial charge in [0.2, 0.25) is 5.91 Å². The first-order valence-corrected chi connectivity index (χ1v) is 16.6. The molecule has 2 fully saturated rings. The molecule has 1 amide bonds. The average molecular weight is 614 g/mol. The van der Waals surface area contributed by atoms with Crippen LogP contribution in [-0.4, -0.2) is 84.0 Å². The number of fused-ring (bicyclic) bond motifs is 1. The van der Waals surface area contributed by atoms with Crippen molar-refractivity contribution in [3.05, 3.63) is 115 Å². The summed E-state index contributed by atoms with van der Waals surface area (Å²) in [6.45, 7) is 9.94. The third kappa shape index (κ3) is 7.09. The zero-order chi connectivity index (χ0) is 31.1. The minimum atomic E-state index is 0.0683. The molecular weight excluding hydrogens is 570 g/mol. The Morgan fingerprint density at radius 1 is 0.652 bits per heavy atom. The highest BCUT2D eigenvalue weighted by molar-refractivity contribution is 5.91. The second kappa shape index (κ2) is 14.2. The van der Waals surface area contributed by atoms with E-state index in [1.165, 1.54) is 17.1 Å². The highest BCUT2D eigenvalue weighted by Crippen LogP contribution is 2.28. The summed E-state index contributed by atoms with van der Waals surface area (Å²) in [4.78, 5) is 27.7. The molecule has 3 aromatic carbocycles. The summed E-state index contributed by atoms with van der Waals surface area (Å²) in [6.07, 6.45) is 3.49. The molecule has 2 saturated heterocycles. The lowest BCUT2D eigenvalue weighted by atomic mass is 10.1. The van der Waals surface area contributed by atoms with Crippen LogP contribution in [0.2, 0.25) is 0 Å². The number of carbonyl (C=O) groups is 1. The Hall–Kier alpha value is -4.66. The normalized spacial score (nSPS) is 16.2. The lowest BCUT2D eigenvalue weighted by Crippen LogP contribution is -2.46. The number of para-hydroxylation sites is 2. The number of hydrogen-bond donors (Lipinski definition) is 1. The fraction of sp³-hybridized carbons (Fsp3) is 0.316. The van der Waals surface area contributed by atoms with E-state index in [1.54, 1.807) is 0 Å². The minimum absolute atomic E-state index is 0.0683. The topological polar surface area (TPSA) is 59.4 Å². The molecule has 0 saturated carbocycles. The molecule has 236 valence electrons. The van der Waals surface area contributed by atoms with E-state index in [1.807, 2.05) is 18.2 Å². The van der Waals surface area contributed by atoms with Gasteiger partial charge in [-0.05, 0) is 61.5 Å². The van der Waals surface area contributed by atoms with Gasteiger partial charge in [-0.25, -0.2) is 4.98 Å². The van der Waals surface area contributed by atoms with Gasteiger partial charge in [0.25, 0.3) is 0 Å². The summed E-state index contributed by atoms with van der Waals surface area (Å²) in [6, 6.07) is 35.6. The minimum Gasteiger partial charge on any atom is -0.369 e. The predicted octanol–water partition coefficient (Wildman–Crippen LogP) is 5.86. The van der Waals surface area contributed by atoms with E-state index in [-0.39, 0.29) is 5.91 Å². The predicted molar refractivity (Wildman–Crippen MR) is 188 cm³/mol. The van der Waals surface area contributed by atoms with E-state index in [0.717, 1.165) is 94.5 Å². The van der Waals surface area contributed by atoms with E-state index in [4.69, 9.17) is 4.98 Å². The van der Waals surface area contributed by atoms with Gasteiger partial charge in [-0.15, -0.1) is 0 Å². The van der Waals surface area contributed by atoms with Crippen molar-refractivity contribution in [2.45, 2.75) is 19.4 Å². The van der Waals surface area contributed by atoms with Crippen LogP contribution in [0.25, 0.3) is 16.9 Å². The number of anilines is 3. The van der Waals surface area contributed by atoms with Crippen molar-refractivity contribution in [1.29, 1.82) is 0 Å². The number of nitrogens with zero attached hydrogens (tertiary/aromatic N) is 6. The Kier molecular flexibility index (Phi) is 9.26. The number of pyridine rings is 1. The van der Waals surface area contributed by atoms with Gasteiger partial charge >= 0.3 is 0 Å². The van der Waals surface area contributed by atoms with Gasteiger partial charge < -0.3 is 19.5 Å². The van der Waals surface area contributed by atoms with Crippen LogP contribution in [0.1, 0.15) is 18.5 Å². The molecule has 0 aliphatic carbocycles. The monoisotopic (exact) mass is 613 g/mol. The van der Waals surface area contributed by atoms with Gasteiger partial charge in [0.15, 0.2) is 0 Å². The molecule has 0 atom stereocenters. The Morgan fingerprint density at radius 2 is 1.24 bits per heavy atom. The summed E-state index contributed by atoms with van der Waals surface area (Å²) in [5.41, 5.74) is 7.63. The summed E-state index contributed by atoms with van der Waals surface area (Å²) >= 11 is 0. The number of hydrogen-bond acceptors (Lipinski definition) is 6. The first kappa shape index (κ1) is 30.0. The SMILES string of the molecule is O=C(CCCN1CCN(c2ccccc2)CC1)Nc1ccc(-c2nc3ccccn3c2CN2CCN(c3ccccc3)CC2)cc1. The molecule has 4 heterocycles. The molecule has 1 N–H and O–H groups in total. The second-order valence-corrected chi connectivity index (χ2v) is 12.3. The molecule has 0 bridgehead atoms. The average Bonchev–Trinajstić information content (AvgIpc) is 3.48. The van der Waals surface area contributed by atoms with E-state index in [0.29, 0.717) is 6.42 Å². The molecule has 5 aromatic rings. The van der Waals surface area contributed by atoms with Crippen molar-refractivity contribution in [3.8, 4) is 11.3 Å². The van der Waals surface area contributed by atoms with E-state index >= 15 is 0 Å². The quantitative estimate of drug-likeness (QED) is 0.213. The molecule has 0 spiro atoms.